The lowest BCUT2D eigenvalue weighted by Gasteiger charge is -2.30. The van der Waals surface area contributed by atoms with E-state index >= 15 is 0 Å². The van der Waals surface area contributed by atoms with Crippen LogP contribution in [0.15, 0.2) is 40.6 Å². The highest BCUT2D eigenvalue weighted by molar-refractivity contribution is 6.23. The van der Waals surface area contributed by atoms with Crippen LogP contribution in [0.1, 0.15) is 59.4 Å². The average molecular weight is 327 g/mol. The second-order valence-corrected chi connectivity index (χ2v) is 7.94. The second kappa shape index (κ2) is 7.33. The summed E-state index contributed by atoms with van der Waals surface area (Å²) in [7, 11) is 0. The predicted octanol–water partition coefficient (Wildman–Crippen LogP) is 5.57. The quantitative estimate of drug-likeness (QED) is 0.719. The van der Waals surface area contributed by atoms with Crippen molar-refractivity contribution in [1.82, 2.24) is 0 Å². The lowest BCUT2D eigenvalue weighted by atomic mass is 9.75. The molecule has 0 fully saturated rings. The first kappa shape index (κ1) is 18.4. The summed E-state index contributed by atoms with van der Waals surface area (Å²) in [5, 5.41) is 10.5. The zero-order valence-electron chi connectivity index (χ0n) is 15.5. The van der Waals surface area contributed by atoms with Crippen LogP contribution in [0.2, 0.25) is 0 Å². The molecule has 0 heterocycles. The fourth-order valence-electron chi connectivity index (χ4n) is 3.17. The molecule has 0 aromatic heterocycles. The van der Waals surface area contributed by atoms with E-state index in [0.717, 1.165) is 12.1 Å². The fourth-order valence-corrected chi connectivity index (χ4v) is 3.17. The van der Waals surface area contributed by atoms with E-state index in [-0.39, 0.29) is 17.0 Å². The lowest BCUT2D eigenvalue weighted by molar-refractivity contribution is -0.117. The number of benzene rings is 1. The number of hydrogen-bond acceptors (Lipinski definition) is 3. The highest BCUT2D eigenvalue weighted by Gasteiger charge is 2.35. The van der Waals surface area contributed by atoms with Gasteiger partial charge in [0.15, 0.2) is 5.78 Å². The van der Waals surface area contributed by atoms with Crippen molar-refractivity contribution in [3.05, 3.63) is 41.2 Å². The minimum atomic E-state index is -0.184. The molecule has 3 nitrogen and oxygen atoms in total. The Morgan fingerprint density at radius 1 is 1.21 bits per heavy atom. The van der Waals surface area contributed by atoms with Crippen molar-refractivity contribution >= 4 is 17.2 Å². The number of carbonyl (C=O) groups is 1. The van der Waals surface area contributed by atoms with Crippen molar-refractivity contribution < 1.29 is 9.90 Å². The van der Waals surface area contributed by atoms with Gasteiger partial charge in [0.2, 0.25) is 0 Å². The Hall–Kier alpha value is -1.90. The Morgan fingerprint density at radius 3 is 2.33 bits per heavy atom. The number of allylic oxidation sites excluding steroid dienone is 2. The SMILES string of the molecule is CCc1ccc(N=C(CC(C)C)C2=C(O)CC(C)(C)CC2=O)cc1. The largest absolute Gasteiger partial charge is 0.511 e. The van der Waals surface area contributed by atoms with Gasteiger partial charge in [-0.05, 0) is 41.9 Å². The van der Waals surface area contributed by atoms with E-state index in [2.05, 4.69) is 32.9 Å². The number of rotatable bonds is 5. The Bertz CT molecular complexity index is 664. The van der Waals surface area contributed by atoms with E-state index in [1.54, 1.807) is 0 Å². The highest BCUT2D eigenvalue weighted by Crippen LogP contribution is 2.37. The Kier molecular flexibility index (Phi) is 5.63. The molecule has 3 heteroatoms. The Morgan fingerprint density at radius 2 is 1.83 bits per heavy atom. The number of aliphatic imine (C=N–C) groups is 1. The summed E-state index contributed by atoms with van der Waals surface area (Å²) in [4.78, 5) is 17.4. The molecule has 1 aliphatic carbocycles. The molecule has 0 bridgehead atoms. The maximum Gasteiger partial charge on any atom is 0.168 e. The first-order valence-electron chi connectivity index (χ1n) is 8.84. The summed E-state index contributed by atoms with van der Waals surface area (Å²) in [6, 6.07) is 8.08. The second-order valence-electron chi connectivity index (χ2n) is 7.94. The van der Waals surface area contributed by atoms with E-state index < -0.39 is 0 Å². The average Bonchev–Trinajstić information content (AvgIpc) is 2.45. The molecule has 0 atom stereocenters. The molecule has 0 saturated carbocycles. The molecule has 1 N–H and O–H groups in total. The highest BCUT2D eigenvalue weighted by atomic mass is 16.3. The number of aliphatic hydroxyl groups is 1. The predicted molar refractivity (Wildman–Crippen MR) is 100 cm³/mol. The van der Waals surface area contributed by atoms with E-state index in [0.29, 0.717) is 36.5 Å². The van der Waals surface area contributed by atoms with Gasteiger partial charge in [-0.3, -0.25) is 9.79 Å². The number of nitrogens with zero attached hydrogens (tertiary/aromatic N) is 1. The van der Waals surface area contributed by atoms with E-state index in [9.17, 15) is 9.90 Å². The van der Waals surface area contributed by atoms with Gasteiger partial charge in [0, 0.05) is 12.8 Å². The van der Waals surface area contributed by atoms with Gasteiger partial charge in [-0.2, -0.15) is 0 Å². The molecule has 0 saturated heterocycles. The van der Waals surface area contributed by atoms with Crippen LogP contribution in [0.4, 0.5) is 5.69 Å². The van der Waals surface area contributed by atoms with Gasteiger partial charge in [0.1, 0.15) is 5.76 Å². The van der Waals surface area contributed by atoms with Gasteiger partial charge < -0.3 is 5.11 Å². The first-order valence-corrected chi connectivity index (χ1v) is 8.84. The molecule has 0 aliphatic heterocycles. The van der Waals surface area contributed by atoms with Crippen LogP contribution in [0.3, 0.4) is 0 Å². The molecular formula is C21H29NO2. The van der Waals surface area contributed by atoms with E-state index in [1.165, 1.54) is 5.56 Å². The van der Waals surface area contributed by atoms with Crippen LogP contribution in [-0.2, 0) is 11.2 Å². The first-order chi connectivity index (χ1) is 11.2. The van der Waals surface area contributed by atoms with Gasteiger partial charge in [-0.15, -0.1) is 0 Å². The van der Waals surface area contributed by atoms with Gasteiger partial charge in [-0.1, -0.05) is 46.8 Å². The third-order valence-corrected chi connectivity index (χ3v) is 4.35. The van der Waals surface area contributed by atoms with Crippen LogP contribution in [-0.4, -0.2) is 16.6 Å². The smallest absolute Gasteiger partial charge is 0.168 e. The third-order valence-electron chi connectivity index (χ3n) is 4.35. The molecule has 0 spiro atoms. The number of hydrogen-bond donors (Lipinski definition) is 1. The van der Waals surface area contributed by atoms with Crippen molar-refractivity contribution in [1.29, 1.82) is 0 Å². The van der Waals surface area contributed by atoms with Crippen LogP contribution in [0.25, 0.3) is 0 Å². The molecule has 0 amide bonds. The third kappa shape index (κ3) is 4.56. The van der Waals surface area contributed by atoms with Gasteiger partial charge >= 0.3 is 0 Å². The van der Waals surface area contributed by atoms with Crippen LogP contribution in [0, 0.1) is 11.3 Å². The van der Waals surface area contributed by atoms with Crippen LogP contribution >= 0.6 is 0 Å². The number of ketones is 1. The van der Waals surface area contributed by atoms with Crippen molar-refractivity contribution in [3.8, 4) is 0 Å². The topological polar surface area (TPSA) is 49.7 Å². The van der Waals surface area contributed by atoms with E-state index in [1.807, 2.05) is 26.0 Å². The molecule has 1 aromatic rings. The Balaban J connectivity index is 2.44. The molecule has 2 rings (SSSR count). The van der Waals surface area contributed by atoms with E-state index in [4.69, 9.17) is 4.99 Å². The van der Waals surface area contributed by atoms with Crippen molar-refractivity contribution in [2.45, 2.75) is 60.3 Å². The van der Waals surface area contributed by atoms with Gasteiger partial charge in [0.05, 0.1) is 17.0 Å². The van der Waals surface area contributed by atoms with Gasteiger partial charge in [0.25, 0.3) is 0 Å². The van der Waals surface area contributed by atoms with Crippen molar-refractivity contribution in [3.63, 3.8) is 0 Å². The molecule has 1 aromatic carbocycles. The standard InChI is InChI=1S/C21H29NO2/c1-6-15-7-9-16(10-8-15)22-17(11-14(2)3)20-18(23)12-21(4,5)13-19(20)24/h7-10,14,23H,6,11-13H2,1-5H3. The monoisotopic (exact) mass is 327 g/mol. The summed E-state index contributed by atoms with van der Waals surface area (Å²) in [5.41, 5.74) is 3.07. The molecule has 24 heavy (non-hydrogen) atoms. The summed E-state index contributed by atoms with van der Waals surface area (Å²) < 4.78 is 0. The Labute approximate surface area is 145 Å². The normalized spacial score (nSPS) is 18.4. The lowest BCUT2D eigenvalue weighted by Crippen LogP contribution is -2.29. The number of aliphatic hydroxyl groups excluding tert-OH is 1. The number of carbonyl (C=O) groups excluding carboxylic acids is 1. The summed E-state index contributed by atoms with van der Waals surface area (Å²) in [6.07, 6.45) is 2.65. The molecular weight excluding hydrogens is 298 g/mol. The van der Waals surface area contributed by atoms with Crippen LogP contribution in [0.5, 0.6) is 0 Å². The number of aryl methyl sites for hydroxylation is 1. The summed E-state index contributed by atoms with van der Waals surface area (Å²) >= 11 is 0. The van der Waals surface area contributed by atoms with Crippen molar-refractivity contribution in [2.75, 3.05) is 0 Å². The molecule has 0 radical (unpaired) electrons. The molecule has 130 valence electrons. The maximum atomic E-state index is 12.6. The maximum absolute atomic E-state index is 12.6. The minimum absolute atomic E-state index is 0.00771. The van der Waals surface area contributed by atoms with Gasteiger partial charge in [-0.25, -0.2) is 0 Å². The summed E-state index contributed by atoms with van der Waals surface area (Å²) in [6.45, 7) is 10.4. The van der Waals surface area contributed by atoms with Crippen LogP contribution < -0.4 is 0 Å². The zero-order valence-corrected chi connectivity index (χ0v) is 15.5. The fraction of sp³-hybridized carbons (Fsp3) is 0.524. The minimum Gasteiger partial charge on any atom is -0.511 e. The summed E-state index contributed by atoms with van der Waals surface area (Å²) in [5.74, 6) is 0.566. The molecule has 0 unspecified atom stereocenters. The number of Topliss-reactive ketones (excluding diaryl/α,β-unsaturated/α-hetero) is 1. The van der Waals surface area contributed by atoms with Crippen molar-refractivity contribution in [2.24, 2.45) is 16.3 Å². The zero-order chi connectivity index (χ0) is 17.9. The molecule has 1 aliphatic rings.